The summed E-state index contributed by atoms with van der Waals surface area (Å²) >= 11 is 4.36. The molecule has 0 aromatic heterocycles. The van der Waals surface area contributed by atoms with Crippen LogP contribution in [0, 0.1) is 0 Å². The number of nitrogens with two attached hydrogens (primary N) is 2. The van der Waals surface area contributed by atoms with Crippen molar-refractivity contribution in [1.82, 2.24) is 0 Å². The van der Waals surface area contributed by atoms with Gasteiger partial charge in [0.05, 0.1) is 22.4 Å². The van der Waals surface area contributed by atoms with Crippen molar-refractivity contribution in [3.63, 3.8) is 0 Å². The summed E-state index contributed by atoms with van der Waals surface area (Å²) in [6.45, 7) is 0. The number of nitrogens with zero attached hydrogens (tertiary/aromatic N) is 2. The number of aromatic hydroxyl groups is 1. The Morgan fingerprint density at radius 1 is 0.955 bits per heavy atom. The summed E-state index contributed by atoms with van der Waals surface area (Å²) in [4.78, 5) is 0.508. The van der Waals surface area contributed by atoms with Crippen molar-refractivity contribution in [3.8, 4) is 5.75 Å². The lowest BCUT2D eigenvalue weighted by molar-refractivity contribution is 0.481. The predicted molar refractivity (Wildman–Crippen MR) is 92.3 cm³/mol. The van der Waals surface area contributed by atoms with E-state index < -0.39 is 0 Å². The van der Waals surface area contributed by atoms with Gasteiger partial charge in [-0.05, 0) is 29.7 Å². The second-order valence-electron chi connectivity index (χ2n) is 4.80. The number of rotatable bonds is 2. The number of nitrogen functional groups attached to an aromatic ring is 2. The average molecular weight is 310 g/mol. The Morgan fingerprint density at radius 2 is 1.68 bits per heavy atom. The first kappa shape index (κ1) is 14.2. The van der Waals surface area contributed by atoms with Crippen LogP contribution in [0.1, 0.15) is 0 Å². The molecule has 22 heavy (non-hydrogen) atoms. The van der Waals surface area contributed by atoms with E-state index in [1.54, 1.807) is 18.2 Å². The van der Waals surface area contributed by atoms with Crippen LogP contribution in [0.3, 0.4) is 0 Å². The van der Waals surface area contributed by atoms with Crippen molar-refractivity contribution in [2.45, 2.75) is 4.90 Å². The highest BCUT2D eigenvalue weighted by Gasteiger charge is 2.14. The van der Waals surface area contributed by atoms with Gasteiger partial charge in [0.1, 0.15) is 5.69 Å². The Morgan fingerprint density at radius 3 is 2.41 bits per heavy atom. The summed E-state index contributed by atoms with van der Waals surface area (Å²) in [5.41, 5.74) is 13.4. The van der Waals surface area contributed by atoms with Gasteiger partial charge in [-0.1, -0.05) is 24.3 Å². The molecule has 0 aliphatic heterocycles. The van der Waals surface area contributed by atoms with E-state index in [-0.39, 0.29) is 11.4 Å². The maximum absolute atomic E-state index is 10.5. The van der Waals surface area contributed by atoms with Gasteiger partial charge in [0, 0.05) is 4.90 Å². The van der Waals surface area contributed by atoms with Gasteiger partial charge in [-0.3, -0.25) is 0 Å². The number of anilines is 2. The van der Waals surface area contributed by atoms with Crippen molar-refractivity contribution in [3.05, 3.63) is 48.5 Å². The summed E-state index contributed by atoms with van der Waals surface area (Å²) < 4.78 is 0. The van der Waals surface area contributed by atoms with Gasteiger partial charge >= 0.3 is 0 Å². The summed E-state index contributed by atoms with van der Waals surface area (Å²) in [5, 5.41) is 19.9. The number of phenolic OH excluding ortho intramolecular Hbond substituents is 1. The fraction of sp³-hybridized carbons (Fsp3) is 0. The molecule has 0 heterocycles. The fourth-order valence-electron chi connectivity index (χ4n) is 2.19. The van der Waals surface area contributed by atoms with Gasteiger partial charge in [-0.15, -0.1) is 17.7 Å². The monoisotopic (exact) mass is 310 g/mol. The van der Waals surface area contributed by atoms with Crippen LogP contribution in [-0.2, 0) is 0 Å². The normalized spacial score (nSPS) is 11.3. The molecule has 3 aromatic carbocycles. The molecule has 0 amide bonds. The fourth-order valence-corrected chi connectivity index (χ4v) is 2.48. The molecule has 0 aliphatic carbocycles. The Balaban J connectivity index is 2.18. The number of hydrogen-bond donors (Lipinski definition) is 4. The van der Waals surface area contributed by atoms with Crippen molar-refractivity contribution in [1.29, 1.82) is 0 Å². The van der Waals surface area contributed by atoms with Crippen molar-refractivity contribution in [2.24, 2.45) is 10.2 Å². The molecular formula is C16H14N4OS. The number of fused-ring (bicyclic) bond motifs is 1. The highest BCUT2D eigenvalue weighted by molar-refractivity contribution is 7.80. The van der Waals surface area contributed by atoms with Crippen LogP contribution in [0.4, 0.5) is 22.7 Å². The molecule has 5 N–H and O–H groups in total. The van der Waals surface area contributed by atoms with Crippen LogP contribution in [0.2, 0.25) is 0 Å². The first-order chi connectivity index (χ1) is 10.6. The Hall–Kier alpha value is -2.73. The molecule has 0 saturated heterocycles. The predicted octanol–water partition coefficient (Wildman–Crippen LogP) is 4.41. The summed E-state index contributed by atoms with van der Waals surface area (Å²) in [5.74, 6) is -0.0769. The van der Waals surface area contributed by atoms with Gasteiger partial charge < -0.3 is 16.6 Å². The maximum Gasteiger partial charge on any atom is 0.154 e. The molecule has 0 radical (unpaired) electrons. The highest BCUT2D eigenvalue weighted by atomic mass is 32.1. The molecule has 0 spiro atoms. The Kier molecular flexibility index (Phi) is 3.60. The second kappa shape index (κ2) is 5.57. The summed E-state index contributed by atoms with van der Waals surface area (Å²) in [6, 6.07) is 14.5. The molecule has 0 bridgehead atoms. The minimum atomic E-state index is -0.0769. The van der Waals surface area contributed by atoms with Gasteiger partial charge in [0.25, 0.3) is 0 Å². The molecule has 5 nitrogen and oxygen atoms in total. The van der Waals surface area contributed by atoms with E-state index in [1.807, 2.05) is 30.3 Å². The third-order valence-corrected chi connectivity index (χ3v) is 3.67. The molecule has 6 heteroatoms. The number of phenols is 1. The lowest BCUT2D eigenvalue weighted by Gasteiger charge is -2.10. The average Bonchev–Trinajstić information content (AvgIpc) is 2.51. The van der Waals surface area contributed by atoms with Crippen LogP contribution in [-0.4, -0.2) is 5.11 Å². The quantitative estimate of drug-likeness (QED) is 0.320. The first-order valence-corrected chi connectivity index (χ1v) is 7.02. The molecule has 0 saturated carbocycles. The van der Waals surface area contributed by atoms with Gasteiger partial charge in [-0.25, -0.2) is 0 Å². The molecule has 0 fully saturated rings. The van der Waals surface area contributed by atoms with E-state index in [9.17, 15) is 5.11 Å². The SMILES string of the molecule is Nc1ccc2cc(S)c(N=Nc3ccccc3)c(O)c2c1N. The van der Waals surface area contributed by atoms with E-state index in [4.69, 9.17) is 11.5 Å². The van der Waals surface area contributed by atoms with Crippen LogP contribution < -0.4 is 11.5 Å². The van der Waals surface area contributed by atoms with Crippen LogP contribution in [0.15, 0.2) is 63.7 Å². The number of hydrogen-bond acceptors (Lipinski definition) is 6. The zero-order valence-electron chi connectivity index (χ0n) is 11.6. The topological polar surface area (TPSA) is 97.0 Å². The van der Waals surface area contributed by atoms with E-state index in [2.05, 4.69) is 22.9 Å². The van der Waals surface area contributed by atoms with Crippen molar-refractivity contribution >= 4 is 46.2 Å². The molecular weight excluding hydrogens is 296 g/mol. The summed E-state index contributed by atoms with van der Waals surface area (Å²) in [6.07, 6.45) is 0. The maximum atomic E-state index is 10.5. The lowest BCUT2D eigenvalue weighted by Crippen LogP contribution is -1.95. The van der Waals surface area contributed by atoms with Gasteiger partial charge in [0.2, 0.25) is 0 Å². The van der Waals surface area contributed by atoms with Crippen molar-refractivity contribution < 1.29 is 5.11 Å². The van der Waals surface area contributed by atoms with E-state index in [0.29, 0.717) is 27.3 Å². The largest absolute Gasteiger partial charge is 0.505 e. The van der Waals surface area contributed by atoms with Gasteiger partial charge in [0.15, 0.2) is 5.75 Å². The minimum absolute atomic E-state index is 0.0769. The molecule has 0 atom stereocenters. The number of thiol groups is 1. The Labute approximate surface area is 132 Å². The zero-order valence-corrected chi connectivity index (χ0v) is 12.5. The summed E-state index contributed by atoms with van der Waals surface area (Å²) in [7, 11) is 0. The third-order valence-electron chi connectivity index (χ3n) is 3.33. The van der Waals surface area contributed by atoms with Gasteiger partial charge in [-0.2, -0.15) is 5.11 Å². The van der Waals surface area contributed by atoms with E-state index in [0.717, 1.165) is 5.39 Å². The smallest absolute Gasteiger partial charge is 0.154 e. The third kappa shape index (κ3) is 2.44. The van der Waals surface area contributed by atoms with Crippen LogP contribution >= 0.6 is 12.6 Å². The van der Waals surface area contributed by atoms with Crippen molar-refractivity contribution in [2.75, 3.05) is 11.5 Å². The van der Waals surface area contributed by atoms with Crippen LogP contribution in [0.25, 0.3) is 10.8 Å². The van der Waals surface area contributed by atoms with E-state index in [1.165, 1.54) is 0 Å². The second-order valence-corrected chi connectivity index (χ2v) is 5.28. The number of benzene rings is 3. The zero-order chi connectivity index (χ0) is 15.7. The molecule has 0 unspecified atom stereocenters. The molecule has 3 aromatic rings. The minimum Gasteiger partial charge on any atom is -0.505 e. The number of azo groups is 1. The van der Waals surface area contributed by atoms with E-state index >= 15 is 0 Å². The Bertz CT molecular complexity index is 878. The van der Waals surface area contributed by atoms with Crippen LogP contribution in [0.5, 0.6) is 5.75 Å². The highest BCUT2D eigenvalue weighted by Crippen LogP contribution is 2.44. The first-order valence-electron chi connectivity index (χ1n) is 6.57. The standard InChI is InChI=1S/C16H14N4OS/c17-11-7-6-9-8-12(22)15(16(21)13(9)14(11)18)20-19-10-4-2-1-3-5-10/h1-8,21-22H,17-18H2. The molecule has 0 aliphatic rings. The molecule has 3 rings (SSSR count). The lowest BCUT2D eigenvalue weighted by atomic mass is 10.1. The molecule has 110 valence electrons.